The van der Waals surface area contributed by atoms with E-state index in [0.717, 1.165) is 64.0 Å². The van der Waals surface area contributed by atoms with E-state index in [4.69, 9.17) is 9.73 Å². The van der Waals surface area contributed by atoms with E-state index in [-0.39, 0.29) is 24.0 Å². The highest BCUT2D eigenvalue weighted by molar-refractivity contribution is 14.0. The van der Waals surface area contributed by atoms with Crippen molar-refractivity contribution in [2.45, 2.75) is 58.9 Å². The van der Waals surface area contributed by atoms with Crippen molar-refractivity contribution >= 4 is 35.8 Å². The van der Waals surface area contributed by atoms with Gasteiger partial charge >= 0.3 is 0 Å². The van der Waals surface area contributed by atoms with E-state index in [9.17, 15) is 0 Å². The Kier molecular flexibility index (Phi) is 14.1. The maximum atomic E-state index is 5.60. The van der Waals surface area contributed by atoms with Crippen molar-refractivity contribution in [2.24, 2.45) is 4.99 Å². The van der Waals surface area contributed by atoms with Gasteiger partial charge in [0.15, 0.2) is 5.96 Å². The largest absolute Gasteiger partial charge is 0.381 e. The van der Waals surface area contributed by atoms with Gasteiger partial charge in [0, 0.05) is 45.6 Å². The fourth-order valence-corrected chi connectivity index (χ4v) is 3.10. The first-order valence-electron chi connectivity index (χ1n) is 10.6. The summed E-state index contributed by atoms with van der Waals surface area (Å²) >= 11 is 0. The minimum Gasteiger partial charge on any atom is -0.381 e. The Morgan fingerprint density at radius 2 is 1.93 bits per heavy atom. The number of nitrogens with one attached hydrogen (secondary N) is 2. The number of rotatable bonds is 11. The number of nitrogens with zero attached hydrogens (tertiary/aromatic N) is 3. The van der Waals surface area contributed by atoms with Gasteiger partial charge in [0.1, 0.15) is 5.82 Å². The zero-order valence-corrected chi connectivity index (χ0v) is 19.9. The van der Waals surface area contributed by atoms with Gasteiger partial charge in [0.05, 0.1) is 6.54 Å². The van der Waals surface area contributed by atoms with Crippen LogP contribution in [0.15, 0.2) is 23.3 Å². The van der Waals surface area contributed by atoms with Gasteiger partial charge in [-0.2, -0.15) is 0 Å². The Bertz CT molecular complexity index is 549. The molecule has 1 aromatic rings. The summed E-state index contributed by atoms with van der Waals surface area (Å²) in [5.41, 5.74) is 1.20. The third-order valence-corrected chi connectivity index (χ3v) is 4.65. The van der Waals surface area contributed by atoms with Gasteiger partial charge in [-0.25, -0.2) is 9.98 Å². The molecule has 1 aliphatic heterocycles. The summed E-state index contributed by atoms with van der Waals surface area (Å²) < 4.78 is 5.60. The molecule has 1 saturated heterocycles. The molecular weight excluding hydrogens is 465 g/mol. The van der Waals surface area contributed by atoms with E-state index < -0.39 is 0 Å². The third-order valence-electron chi connectivity index (χ3n) is 4.65. The predicted octanol–water partition coefficient (Wildman–Crippen LogP) is 3.95. The molecule has 0 radical (unpaired) electrons. The smallest absolute Gasteiger partial charge is 0.191 e. The molecule has 1 fully saturated rings. The topological polar surface area (TPSA) is 61.8 Å². The number of piperidine rings is 1. The second kappa shape index (κ2) is 15.8. The van der Waals surface area contributed by atoms with Crippen molar-refractivity contribution in [1.29, 1.82) is 0 Å². The Hall–Kier alpha value is -1.09. The molecule has 2 rings (SSSR count). The van der Waals surface area contributed by atoms with Crippen molar-refractivity contribution in [1.82, 2.24) is 15.6 Å². The first-order valence-corrected chi connectivity index (χ1v) is 10.6. The molecule has 0 bridgehead atoms. The van der Waals surface area contributed by atoms with Gasteiger partial charge in [0.2, 0.25) is 0 Å². The molecule has 1 aromatic heterocycles. The lowest BCUT2D eigenvalue weighted by Crippen LogP contribution is -2.38. The zero-order valence-electron chi connectivity index (χ0n) is 17.6. The average molecular weight is 503 g/mol. The number of halogens is 1. The lowest BCUT2D eigenvalue weighted by molar-refractivity contribution is 0.129. The molecule has 0 aromatic carbocycles. The van der Waals surface area contributed by atoms with Crippen LogP contribution in [0.1, 0.15) is 57.9 Å². The van der Waals surface area contributed by atoms with E-state index in [0.29, 0.717) is 6.54 Å². The Balaban J connectivity index is 0.00000392. The number of guanidine groups is 1. The van der Waals surface area contributed by atoms with Gasteiger partial charge in [-0.3, -0.25) is 0 Å². The molecule has 0 aliphatic carbocycles. The minimum atomic E-state index is 0. The van der Waals surface area contributed by atoms with Gasteiger partial charge in [-0.1, -0.05) is 13.3 Å². The summed E-state index contributed by atoms with van der Waals surface area (Å²) in [4.78, 5) is 11.7. The van der Waals surface area contributed by atoms with Crippen LogP contribution in [0.3, 0.4) is 0 Å². The van der Waals surface area contributed by atoms with E-state index in [2.05, 4.69) is 46.5 Å². The van der Waals surface area contributed by atoms with E-state index >= 15 is 0 Å². The maximum Gasteiger partial charge on any atom is 0.191 e. The minimum absolute atomic E-state index is 0. The molecule has 0 atom stereocenters. The molecule has 160 valence electrons. The Labute approximate surface area is 187 Å². The fraction of sp³-hybridized carbons (Fsp3) is 0.714. The third kappa shape index (κ3) is 9.91. The summed E-state index contributed by atoms with van der Waals surface area (Å²) in [6.07, 6.45) is 9.08. The SMILES string of the molecule is CCCCOCCCNC(=NCc1ccnc(N2CCCCC2)c1)NCC.I. The predicted molar refractivity (Wildman–Crippen MR) is 129 cm³/mol. The molecule has 0 spiro atoms. The molecule has 2 N–H and O–H groups in total. The summed E-state index contributed by atoms with van der Waals surface area (Å²) in [6.45, 7) is 10.6. The molecule has 0 amide bonds. The Morgan fingerprint density at radius 1 is 1.14 bits per heavy atom. The molecule has 2 heterocycles. The number of aliphatic imine (C=N–C) groups is 1. The first-order chi connectivity index (χ1) is 13.3. The second-order valence-electron chi connectivity index (χ2n) is 7.01. The fourth-order valence-electron chi connectivity index (χ4n) is 3.10. The highest BCUT2D eigenvalue weighted by atomic mass is 127. The molecule has 1 aliphatic rings. The lowest BCUT2D eigenvalue weighted by atomic mass is 10.1. The average Bonchev–Trinajstić information content (AvgIpc) is 2.72. The number of anilines is 1. The highest BCUT2D eigenvalue weighted by Crippen LogP contribution is 2.18. The van der Waals surface area contributed by atoms with Crippen LogP contribution >= 0.6 is 24.0 Å². The monoisotopic (exact) mass is 503 g/mol. The molecule has 28 heavy (non-hydrogen) atoms. The van der Waals surface area contributed by atoms with Crippen molar-refractivity contribution < 1.29 is 4.74 Å². The standard InChI is InChI=1S/C21H37N5O.HI/c1-3-5-15-27-16-9-11-24-21(22-4-2)25-18-19-10-12-23-20(17-19)26-13-7-6-8-14-26;/h10,12,17H,3-9,11,13-16,18H2,1-2H3,(H2,22,24,25);1H. The summed E-state index contributed by atoms with van der Waals surface area (Å²) in [6, 6.07) is 4.24. The van der Waals surface area contributed by atoms with Crippen LogP contribution in [-0.2, 0) is 11.3 Å². The van der Waals surface area contributed by atoms with Crippen LogP contribution in [0, 0.1) is 0 Å². The van der Waals surface area contributed by atoms with Crippen molar-refractivity contribution in [2.75, 3.05) is 44.3 Å². The summed E-state index contributed by atoms with van der Waals surface area (Å²) in [7, 11) is 0. The van der Waals surface area contributed by atoms with E-state index in [1.807, 2.05) is 6.20 Å². The lowest BCUT2D eigenvalue weighted by Gasteiger charge is -2.27. The number of pyridine rings is 1. The molecule has 7 heteroatoms. The number of hydrogen-bond donors (Lipinski definition) is 2. The second-order valence-corrected chi connectivity index (χ2v) is 7.01. The van der Waals surface area contributed by atoms with Gasteiger partial charge in [0.25, 0.3) is 0 Å². The number of hydrogen-bond acceptors (Lipinski definition) is 4. The van der Waals surface area contributed by atoms with Crippen LogP contribution in [0.25, 0.3) is 0 Å². The van der Waals surface area contributed by atoms with Crippen molar-refractivity contribution in [3.8, 4) is 0 Å². The highest BCUT2D eigenvalue weighted by Gasteiger charge is 2.12. The van der Waals surface area contributed by atoms with Gasteiger partial charge < -0.3 is 20.3 Å². The van der Waals surface area contributed by atoms with Crippen molar-refractivity contribution in [3.05, 3.63) is 23.9 Å². The molecule has 6 nitrogen and oxygen atoms in total. The number of aromatic nitrogens is 1. The van der Waals surface area contributed by atoms with Crippen LogP contribution < -0.4 is 15.5 Å². The maximum absolute atomic E-state index is 5.60. The van der Waals surface area contributed by atoms with Crippen LogP contribution in [0.2, 0.25) is 0 Å². The zero-order chi connectivity index (χ0) is 19.2. The molecule has 0 saturated carbocycles. The van der Waals surface area contributed by atoms with Crippen molar-refractivity contribution in [3.63, 3.8) is 0 Å². The summed E-state index contributed by atoms with van der Waals surface area (Å²) in [5, 5.41) is 6.71. The van der Waals surface area contributed by atoms with Gasteiger partial charge in [-0.05, 0) is 56.7 Å². The number of unbranched alkanes of at least 4 members (excludes halogenated alkanes) is 1. The normalized spacial score (nSPS) is 14.5. The van der Waals surface area contributed by atoms with E-state index in [1.165, 1.54) is 31.2 Å². The van der Waals surface area contributed by atoms with Gasteiger partial charge in [-0.15, -0.1) is 24.0 Å². The summed E-state index contributed by atoms with van der Waals surface area (Å²) in [5.74, 6) is 1.95. The molecular formula is C21H38IN5O. The van der Waals surface area contributed by atoms with Crippen LogP contribution in [-0.4, -0.2) is 50.3 Å². The van der Waals surface area contributed by atoms with E-state index in [1.54, 1.807) is 0 Å². The number of ether oxygens (including phenoxy) is 1. The molecule has 0 unspecified atom stereocenters. The Morgan fingerprint density at radius 3 is 2.68 bits per heavy atom. The quantitative estimate of drug-likeness (QED) is 0.207. The van der Waals surface area contributed by atoms with Crippen LogP contribution in [0.4, 0.5) is 5.82 Å². The van der Waals surface area contributed by atoms with Crippen LogP contribution in [0.5, 0.6) is 0 Å². The first kappa shape index (κ1) is 24.9.